The lowest BCUT2D eigenvalue weighted by Crippen LogP contribution is -2.52. The van der Waals surface area contributed by atoms with E-state index in [0.29, 0.717) is 30.5 Å². The summed E-state index contributed by atoms with van der Waals surface area (Å²) in [5.74, 6) is 1.56. The number of fused-ring (bicyclic) bond motifs is 1. The van der Waals surface area contributed by atoms with Gasteiger partial charge in [0, 0.05) is 12.8 Å². The van der Waals surface area contributed by atoms with Gasteiger partial charge in [0.25, 0.3) is 0 Å². The van der Waals surface area contributed by atoms with Crippen molar-refractivity contribution >= 4 is 11.6 Å². The Morgan fingerprint density at radius 2 is 2.13 bits per heavy atom. The molecule has 1 saturated heterocycles. The fourth-order valence-electron chi connectivity index (χ4n) is 3.29. The van der Waals surface area contributed by atoms with E-state index >= 15 is 0 Å². The molecule has 0 aromatic carbocycles. The third kappa shape index (κ3) is 1.98. The molecule has 0 radical (unpaired) electrons. The largest absolute Gasteiger partial charge is 0.300 e. The van der Waals surface area contributed by atoms with Crippen LogP contribution in [-0.2, 0) is 9.59 Å². The van der Waals surface area contributed by atoms with Crippen LogP contribution >= 0.6 is 0 Å². The third-order valence-corrected chi connectivity index (χ3v) is 4.00. The summed E-state index contributed by atoms with van der Waals surface area (Å²) >= 11 is 0. The highest BCUT2D eigenvalue weighted by atomic mass is 16.1. The van der Waals surface area contributed by atoms with Crippen molar-refractivity contribution in [1.29, 1.82) is 0 Å². The zero-order chi connectivity index (χ0) is 11.0. The van der Waals surface area contributed by atoms with Crippen molar-refractivity contribution in [2.45, 2.75) is 38.6 Å². The van der Waals surface area contributed by atoms with Gasteiger partial charge in [-0.3, -0.25) is 14.5 Å². The third-order valence-electron chi connectivity index (χ3n) is 4.00. The normalized spacial score (nSPS) is 37.5. The van der Waals surface area contributed by atoms with Crippen molar-refractivity contribution < 1.29 is 9.59 Å². The number of nitrogens with zero attached hydrogens (tertiary/aromatic N) is 1. The van der Waals surface area contributed by atoms with E-state index in [1.807, 2.05) is 7.05 Å². The van der Waals surface area contributed by atoms with Crippen molar-refractivity contribution in [3.8, 4) is 0 Å². The van der Waals surface area contributed by atoms with Crippen LogP contribution in [0.1, 0.15) is 32.6 Å². The Morgan fingerprint density at radius 3 is 2.80 bits per heavy atom. The number of likely N-dealkylation sites (N-methyl/N-ethyl adjacent to an activating group) is 1. The average Bonchev–Trinajstić information content (AvgIpc) is 2.17. The van der Waals surface area contributed by atoms with Gasteiger partial charge < -0.3 is 0 Å². The molecule has 2 fully saturated rings. The monoisotopic (exact) mass is 209 g/mol. The summed E-state index contributed by atoms with van der Waals surface area (Å²) in [6.07, 6.45) is 3.38. The molecule has 3 atom stereocenters. The number of rotatable bonds is 1. The molecule has 2 aliphatic rings. The van der Waals surface area contributed by atoms with Gasteiger partial charge >= 0.3 is 0 Å². The quantitative estimate of drug-likeness (QED) is 0.652. The van der Waals surface area contributed by atoms with E-state index in [1.165, 1.54) is 0 Å². The second-order valence-corrected chi connectivity index (χ2v) is 5.03. The summed E-state index contributed by atoms with van der Waals surface area (Å²) in [6.45, 7) is 2.64. The first-order valence-corrected chi connectivity index (χ1v) is 5.82. The van der Waals surface area contributed by atoms with Gasteiger partial charge in [-0.1, -0.05) is 0 Å². The maximum Gasteiger partial charge on any atom is 0.147 e. The van der Waals surface area contributed by atoms with Crippen molar-refractivity contribution in [1.82, 2.24) is 4.90 Å². The van der Waals surface area contributed by atoms with Crippen LogP contribution in [-0.4, -0.2) is 36.1 Å². The molecule has 1 aliphatic heterocycles. The Bertz CT molecular complexity index is 287. The van der Waals surface area contributed by atoms with Gasteiger partial charge in [0.1, 0.15) is 11.6 Å². The van der Waals surface area contributed by atoms with Crippen molar-refractivity contribution in [3.05, 3.63) is 0 Å². The van der Waals surface area contributed by atoms with Crippen LogP contribution < -0.4 is 0 Å². The van der Waals surface area contributed by atoms with Crippen LogP contribution in [0.3, 0.4) is 0 Å². The average molecular weight is 209 g/mol. The number of carbonyl (C=O) groups is 2. The molecule has 2 rings (SSSR count). The number of hydrogen-bond acceptors (Lipinski definition) is 3. The highest BCUT2D eigenvalue weighted by Gasteiger charge is 2.41. The molecule has 0 aromatic rings. The summed E-state index contributed by atoms with van der Waals surface area (Å²) in [5.41, 5.74) is 0. The minimum absolute atomic E-state index is 0.0665. The number of piperidine rings is 1. The lowest BCUT2D eigenvalue weighted by Gasteiger charge is -2.44. The maximum atomic E-state index is 11.6. The summed E-state index contributed by atoms with van der Waals surface area (Å²) < 4.78 is 0. The van der Waals surface area contributed by atoms with Crippen molar-refractivity contribution in [2.75, 3.05) is 13.6 Å². The van der Waals surface area contributed by atoms with E-state index in [2.05, 4.69) is 4.90 Å². The summed E-state index contributed by atoms with van der Waals surface area (Å²) in [7, 11) is 2.03. The topological polar surface area (TPSA) is 37.4 Å². The van der Waals surface area contributed by atoms with E-state index in [-0.39, 0.29) is 11.8 Å². The van der Waals surface area contributed by atoms with E-state index in [4.69, 9.17) is 0 Å². The first kappa shape index (κ1) is 10.8. The molecule has 0 N–H and O–H groups in total. The van der Waals surface area contributed by atoms with Gasteiger partial charge in [0.05, 0.1) is 6.04 Å². The summed E-state index contributed by atoms with van der Waals surface area (Å²) in [6, 6.07) is 0.0665. The SMILES string of the molecule is CC(=O)C1C2CCC(=O)CC2CCN1C. The molecule has 1 heterocycles. The fraction of sp³-hybridized carbons (Fsp3) is 0.833. The van der Waals surface area contributed by atoms with Crippen LogP contribution in [0.4, 0.5) is 0 Å². The zero-order valence-corrected chi connectivity index (χ0v) is 9.53. The van der Waals surface area contributed by atoms with Gasteiger partial charge in [-0.25, -0.2) is 0 Å². The molecule has 3 unspecified atom stereocenters. The van der Waals surface area contributed by atoms with Crippen LogP contribution in [0.15, 0.2) is 0 Å². The molecule has 15 heavy (non-hydrogen) atoms. The summed E-state index contributed by atoms with van der Waals surface area (Å²) in [4.78, 5) is 25.2. The molecule has 1 aliphatic carbocycles. The van der Waals surface area contributed by atoms with Gasteiger partial charge in [0.15, 0.2) is 0 Å². The van der Waals surface area contributed by atoms with E-state index in [1.54, 1.807) is 6.92 Å². The molecule has 1 saturated carbocycles. The first-order chi connectivity index (χ1) is 7.09. The number of carbonyl (C=O) groups excluding carboxylic acids is 2. The van der Waals surface area contributed by atoms with Gasteiger partial charge in [-0.05, 0) is 45.2 Å². The molecule has 0 bridgehead atoms. The Balaban J connectivity index is 2.15. The lowest BCUT2D eigenvalue weighted by atomic mass is 9.70. The maximum absolute atomic E-state index is 11.6. The smallest absolute Gasteiger partial charge is 0.147 e. The van der Waals surface area contributed by atoms with E-state index in [9.17, 15) is 9.59 Å². The Labute approximate surface area is 90.8 Å². The molecule has 0 spiro atoms. The molecule has 84 valence electrons. The number of ketones is 2. The minimum Gasteiger partial charge on any atom is -0.300 e. The van der Waals surface area contributed by atoms with Crippen LogP contribution in [0.2, 0.25) is 0 Å². The second kappa shape index (κ2) is 4.05. The molecular weight excluding hydrogens is 190 g/mol. The predicted octanol–water partition coefficient (Wildman–Crippen LogP) is 1.26. The predicted molar refractivity (Wildman–Crippen MR) is 57.6 cm³/mol. The van der Waals surface area contributed by atoms with Crippen LogP contribution in [0.5, 0.6) is 0 Å². The zero-order valence-electron chi connectivity index (χ0n) is 9.53. The van der Waals surface area contributed by atoms with Crippen LogP contribution in [0.25, 0.3) is 0 Å². The molecule has 3 nitrogen and oxygen atoms in total. The van der Waals surface area contributed by atoms with E-state index in [0.717, 1.165) is 19.4 Å². The Hall–Kier alpha value is -0.700. The highest BCUT2D eigenvalue weighted by Crippen LogP contribution is 2.38. The molecule has 3 heteroatoms. The first-order valence-electron chi connectivity index (χ1n) is 5.82. The second-order valence-electron chi connectivity index (χ2n) is 5.03. The van der Waals surface area contributed by atoms with Crippen LogP contribution in [0, 0.1) is 11.8 Å². The van der Waals surface area contributed by atoms with Gasteiger partial charge in [-0.2, -0.15) is 0 Å². The standard InChI is InChI=1S/C12H19NO2/c1-8(14)12-11-4-3-10(15)7-9(11)5-6-13(12)2/h9,11-12H,3-7H2,1-2H3. The fourth-order valence-corrected chi connectivity index (χ4v) is 3.29. The van der Waals surface area contributed by atoms with Gasteiger partial charge in [0.2, 0.25) is 0 Å². The molecular formula is C12H19NO2. The number of hydrogen-bond donors (Lipinski definition) is 0. The molecule has 0 aromatic heterocycles. The van der Waals surface area contributed by atoms with E-state index < -0.39 is 0 Å². The Morgan fingerprint density at radius 1 is 1.40 bits per heavy atom. The Kier molecular flexibility index (Phi) is 2.91. The van der Waals surface area contributed by atoms with Gasteiger partial charge in [-0.15, -0.1) is 0 Å². The highest BCUT2D eigenvalue weighted by molar-refractivity contribution is 5.83. The number of likely N-dealkylation sites (tertiary alicyclic amines) is 1. The molecule has 0 amide bonds. The number of Topliss-reactive ketones (excluding diaryl/α,β-unsaturated/α-hetero) is 2. The summed E-state index contributed by atoms with van der Waals surface area (Å²) in [5, 5.41) is 0. The minimum atomic E-state index is 0.0665. The van der Waals surface area contributed by atoms with Crippen molar-refractivity contribution in [3.63, 3.8) is 0 Å². The lowest BCUT2D eigenvalue weighted by molar-refractivity contribution is -0.132. The van der Waals surface area contributed by atoms with Crippen molar-refractivity contribution in [2.24, 2.45) is 11.8 Å².